The predicted octanol–water partition coefficient (Wildman–Crippen LogP) is 2.15. The van der Waals surface area contributed by atoms with Crippen LogP contribution in [0.25, 0.3) is 10.9 Å². The molecule has 122 valence electrons. The maximum Gasteiger partial charge on any atom is 0.230 e. The molecule has 1 unspecified atom stereocenters. The van der Waals surface area contributed by atoms with Crippen molar-refractivity contribution in [2.75, 3.05) is 25.5 Å². The summed E-state index contributed by atoms with van der Waals surface area (Å²) in [4.78, 5) is 15.7. The zero-order valence-electron chi connectivity index (χ0n) is 13.8. The lowest BCUT2D eigenvalue weighted by Gasteiger charge is -2.18. The number of nitrogens with two attached hydrogens (primary N) is 1. The second kappa shape index (κ2) is 6.91. The van der Waals surface area contributed by atoms with Gasteiger partial charge < -0.3 is 10.6 Å². The molecule has 6 nitrogen and oxygen atoms in total. The second-order valence-electron chi connectivity index (χ2n) is 6.11. The molecule has 1 saturated heterocycles. The largest absolute Gasteiger partial charge is 0.370 e. The quantitative estimate of drug-likeness (QED) is 0.668. The number of hydrogen-bond donors (Lipinski definition) is 2. The highest BCUT2D eigenvalue weighted by Gasteiger charge is 2.19. The topological polar surface area (TPSA) is 79.4 Å². The van der Waals surface area contributed by atoms with Crippen LogP contribution in [-0.4, -0.2) is 47.0 Å². The van der Waals surface area contributed by atoms with Gasteiger partial charge in [0.2, 0.25) is 5.95 Å². The van der Waals surface area contributed by atoms with Gasteiger partial charge in [-0.25, -0.2) is 9.97 Å². The van der Waals surface area contributed by atoms with E-state index in [1.807, 2.05) is 31.2 Å². The number of nitrogens with one attached hydrogen (secondary N) is 1. The van der Waals surface area contributed by atoms with Gasteiger partial charge in [0.1, 0.15) is 0 Å². The molecule has 3 N–H and O–H groups in total. The molecule has 2 heterocycles. The van der Waals surface area contributed by atoms with E-state index in [9.17, 15) is 0 Å². The van der Waals surface area contributed by atoms with Crippen LogP contribution in [0, 0.1) is 6.92 Å². The maximum absolute atomic E-state index is 5.96. The van der Waals surface area contributed by atoms with Gasteiger partial charge in [0.05, 0.1) is 11.2 Å². The standard InChI is InChI=1S/C17H24N6/c1-12-14-7-3-4-8-15(14)21-17(20-12)22-16(18)19-10-9-13-6-5-11-23(13)2/h3-4,7-8,13H,5-6,9-11H2,1-2H3,(H3,18,19,20,21,22). The SMILES string of the molecule is Cc1nc(NC(N)=NCCC2CCCN2C)nc2ccccc12. The Morgan fingerprint density at radius 1 is 1.39 bits per heavy atom. The van der Waals surface area contributed by atoms with Crippen molar-refractivity contribution in [3.63, 3.8) is 0 Å². The Morgan fingerprint density at radius 2 is 2.22 bits per heavy atom. The number of aliphatic imine (C=N–C) groups is 1. The highest BCUT2D eigenvalue weighted by atomic mass is 15.2. The molecule has 1 aliphatic heterocycles. The van der Waals surface area contributed by atoms with Crippen LogP contribution in [0.15, 0.2) is 29.3 Å². The zero-order valence-corrected chi connectivity index (χ0v) is 13.8. The Kier molecular flexibility index (Phi) is 4.71. The molecule has 0 saturated carbocycles. The third-order valence-electron chi connectivity index (χ3n) is 4.45. The van der Waals surface area contributed by atoms with Crippen molar-refractivity contribution >= 4 is 22.8 Å². The summed E-state index contributed by atoms with van der Waals surface area (Å²) in [5.41, 5.74) is 7.80. The van der Waals surface area contributed by atoms with Crippen molar-refractivity contribution in [3.05, 3.63) is 30.0 Å². The third kappa shape index (κ3) is 3.76. The van der Waals surface area contributed by atoms with E-state index in [1.54, 1.807) is 0 Å². The first-order valence-electron chi connectivity index (χ1n) is 8.14. The highest BCUT2D eigenvalue weighted by molar-refractivity contribution is 5.92. The lowest BCUT2D eigenvalue weighted by atomic mass is 10.1. The molecule has 3 rings (SSSR count). The fourth-order valence-electron chi connectivity index (χ4n) is 3.12. The fraction of sp³-hybridized carbons (Fsp3) is 0.471. The Bertz CT molecular complexity index is 711. The molecule has 0 amide bonds. The molecule has 1 fully saturated rings. The Hall–Kier alpha value is -2.21. The highest BCUT2D eigenvalue weighted by Crippen LogP contribution is 2.18. The van der Waals surface area contributed by atoms with Gasteiger partial charge in [-0.05, 0) is 45.8 Å². The van der Waals surface area contributed by atoms with Crippen LogP contribution in [0.4, 0.5) is 5.95 Å². The van der Waals surface area contributed by atoms with Crippen LogP contribution in [0.1, 0.15) is 25.0 Å². The molecule has 0 bridgehead atoms. The average molecular weight is 312 g/mol. The summed E-state index contributed by atoms with van der Waals surface area (Å²) in [6.45, 7) is 3.88. The van der Waals surface area contributed by atoms with Crippen molar-refractivity contribution in [2.45, 2.75) is 32.2 Å². The number of hydrogen-bond acceptors (Lipinski definition) is 4. The molecule has 1 aromatic carbocycles. The summed E-state index contributed by atoms with van der Waals surface area (Å²) in [6, 6.07) is 8.57. The number of likely N-dealkylation sites (tertiary alicyclic amines) is 1. The lowest BCUT2D eigenvalue weighted by Crippen LogP contribution is -2.27. The van der Waals surface area contributed by atoms with Gasteiger partial charge in [0, 0.05) is 18.0 Å². The van der Waals surface area contributed by atoms with Crippen LogP contribution in [-0.2, 0) is 0 Å². The van der Waals surface area contributed by atoms with Crippen LogP contribution in [0.2, 0.25) is 0 Å². The second-order valence-corrected chi connectivity index (χ2v) is 6.11. The molecule has 23 heavy (non-hydrogen) atoms. The number of anilines is 1. The molecule has 0 aliphatic carbocycles. The molecule has 2 aromatic rings. The van der Waals surface area contributed by atoms with Gasteiger partial charge in [0.15, 0.2) is 5.96 Å². The van der Waals surface area contributed by atoms with Gasteiger partial charge >= 0.3 is 0 Å². The molecule has 6 heteroatoms. The van der Waals surface area contributed by atoms with E-state index in [4.69, 9.17) is 5.73 Å². The Balaban J connectivity index is 1.63. The van der Waals surface area contributed by atoms with E-state index >= 15 is 0 Å². The predicted molar refractivity (Wildman–Crippen MR) is 94.7 cm³/mol. The van der Waals surface area contributed by atoms with Crippen molar-refractivity contribution in [3.8, 4) is 0 Å². The van der Waals surface area contributed by atoms with Crippen LogP contribution in [0.5, 0.6) is 0 Å². The van der Waals surface area contributed by atoms with E-state index < -0.39 is 0 Å². The minimum Gasteiger partial charge on any atom is -0.370 e. The first-order valence-corrected chi connectivity index (χ1v) is 8.14. The smallest absolute Gasteiger partial charge is 0.230 e. The molecule has 1 aliphatic rings. The van der Waals surface area contributed by atoms with Gasteiger partial charge in [-0.3, -0.25) is 10.3 Å². The minimum absolute atomic E-state index is 0.375. The van der Waals surface area contributed by atoms with Crippen molar-refractivity contribution in [2.24, 2.45) is 10.7 Å². The van der Waals surface area contributed by atoms with Crippen LogP contribution < -0.4 is 11.1 Å². The molecule has 0 spiro atoms. The molecule has 1 atom stereocenters. The normalized spacial score (nSPS) is 19.4. The summed E-state index contributed by atoms with van der Waals surface area (Å²) in [6.07, 6.45) is 3.58. The summed E-state index contributed by atoms with van der Waals surface area (Å²) >= 11 is 0. The zero-order chi connectivity index (χ0) is 16.2. The monoisotopic (exact) mass is 312 g/mol. The number of aryl methyl sites for hydroxylation is 1. The number of guanidine groups is 1. The van der Waals surface area contributed by atoms with Gasteiger partial charge in [-0.15, -0.1) is 0 Å². The Labute approximate surface area is 136 Å². The number of rotatable bonds is 4. The number of para-hydroxylation sites is 1. The maximum atomic E-state index is 5.96. The number of fused-ring (bicyclic) bond motifs is 1. The molecular weight excluding hydrogens is 288 g/mol. The number of nitrogens with zero attached hydrogens (tertiary/aromatic N) is 4. The summed E-state index contributed by atoms with van der Waals surface area (Å²) < 4.78 is 0. The Morgan fingerprint density at radius 3 is 3.00 bits per heavy atom. The van der Waals surface area contributed by atoms with Crippen molar-refractivity contribution < 1.29 is 0 Å². The summed E-state index contributed by atoms with van der Waals surface area (Å²) in [5.74, 6) is 0.876. The minimum atomic E-state index is 0.375. The van der Waals surface area contributed by atoms with Gasteiger partial charge in [0.25, 0.3) is 0 Å². The third-order valence-corrected chi connectivity index (χ3v) is 4.45. The van der Waals surface area contributed by atoms with Gasteiger partial charge in [-0.1, -0.05) is 18.2 Å². The summed E-state index contributed by atoms with van der Waals surface area (Å²) in [7, 11) is 2.18. The van der Waals surface area contributed by atoms with E-state index in [-0.39, 0.29) is 0 Å². The average Bonchev–Trinajstić information content (AvgIpc) is 2.93. The van der Waals surface area contributed by atoms with Crippen molar-refractivity contribution in [1.82, 2.24) is 14.9 Å². The van der Waals surface area contributed by atoms with E-state index in [0.717, 1.165) is 29.6 Å². The van der Waals surface area contributed by atoms with Crippen molar-refractivity contribution in [1.29, 1.82) is 0 Å². The van der Waals surface area contributed by atoms with E-state index in [0.29, 0.717) is 17.9 Å². The summed E-state index contributed by atoms with van der Waals surface area (Å²) in [5, 5.41) is 4.06. The molecular formula is C17H24N6. The van der Waals surface area contributed by atoms with Gasteiger partial charge in [-0.2, -0.15) is 0 Å². The van der Waals surface area contributed by atoms with E-state index in [1.165, 1.54) is 19.4 Å². The van der Waals surface area contributed by atoms with E-state index in [2.05, 4.69) is 32.2 Å². The number of benzene rings is 1. The lowest BCUT2D eigenvalue weighted by molar-refractivity contribution is 0.299. The fourth-order valence-corrected chi connectivity index (χ4v) is 3.12. The van der Waals surface area contributed by atoms with Crippen LogP contribution in [0.3, 0.4) is 0 Å². The number of aromatic nitrogens is 2. The first-order chi connectivity index (χ1) is 11.1. The van der Waals surface area contributed by atoms with Crippen LogP contribution >= 0.6 is 0 Å². The first kappa shape index (κ1) is 15.7. The molecule has 0 radical (unpaired) electrons. The molecule has 1 aromatic heterocycles.